The molecule has 0 atom stereocenters. The van der Waals surface area contributed by atoms with Crippen molar-refractivity contribution in [2.75, 3.05) is 119 Å². The molecule has 0 aliphatic heterocycles. The average Bonchev–Trinajstić information content (AvgIpc) is 0.765. The Morgan fingerprint density at radius 2 is 0.325 bits per heavy atom. The highest BCUT2D eigenvalue weighted by molar-refractivity contribution is 6.84. The standard InChI is InChI=1S/C41H88O4Si2.C35H76O4Si2.C29H64O4Si2/c1-35(2,3)29-46(30-36(4,5)6,31-37(7,8)9)23-19-21-44-27-41(25-42,26-43)28-45-22-20-24-47(32-38(10,11)12,33-39(13,14)15)34-40(16,17)18;1-29(2)19-40(20-30(3)4,21-31(5)6)17-13-15-38-27-35(25-36,26-37)28-39-16-14-18-41(22-32(7)8,23-33(9)10)24-34(11)12;1-23(2)34(24(3)4,25(5)6)17-13-15-32-21-29(19-30,20-31)22-33-16-14-18-35(26(7)8,27(9)10)28(11)12/h42-43H,19-34H2,1-18H3;29-34,36-37H,13-28H2,1-12H3;23-28,30-31H,13-22H2,1-12H3. The largest absolute Gasteiger partial charge is 0.396 e. The van der Waals surface area contributed by atoms with Crippen LogP contribution < -0.4 is 0 Å². The Morgan fingerprint density at radius 3 is 0.439 bits per heavy atom. The van der Waals surface area contributed by atoms with Crippen LogP contribution in [0.1, 0.15) is 329 Å². The zero-order valence-electron chi connectivity index (χ0n) is 91.3. The first kappa shape index (κ1) is 128. The number of rotatable bonds is 66. The number of hydrogen-bond donors (Lipinski definition) is 6. The first-order valence-corrected chi connectivity index (χ1v) is 67.3. The van der Waals surface area contributed by atoms with Gasteiger partial charge in [-0.25, -0.2) is 0 Å². The minimum absolute atomic E-state index is 0.108. The van der Waals surface area contributed by atoms with Crippen molar-refractivity contribution in [3.8, 4) is 0 Å². The van der Waals surface area contributed by atoms with Gasteiger partial charge in [-0.2, -0.15) is 0 Å². The second-order valence-corrected chi connectivity index (χ2v) is 84.5. The lowest BCUT2D eigenvalue weighted by molar-refractivity contribution is -0.0769. The fourth-order valence-electron chi connectivity index (χ4n) is 25.4. The van der Waals surface area contributed by atoms with Gasteiger partial charge in [0, 0.05) is 39.6 Å². The summed E-state index contributed by atoms with van der Waals surface area (Å²) in [5.74, 6) is 4.51. The van der Waals surface area contributed by atoms with E-state index in [1.165, 1.54) is 109 Å². The molecule has 0 aromatic carbocycles. The van der Waals surface area contributed by atoms with Crippen molar-refractivity contribution >= 4 is 48.4 Å². The quantitative estimate of drug-likeness (QED) is 0.0251. The molecule has 744 valence electrons. The maximum Gasteiger partial charge on any atom is 0.0632 e. The van der Waals surface area contributed by atoms with Crippen LogP contribution in [0.25, 0.3) is 0 Å². The molecule has 6 N–H and O–H groups in total. The Kier molecular flexibility index (Phi) is 62.0. The average molecular weight is 1850 g/mol. The van der Waals surface area contributed by atoms with Crippen molar-refractivity contribution < 1.29 is 59.1 Å². The van der Waals surface area contributed by atoms with Gasteiger partial charge < -0.3 is 59.1 Å². The third-order valence-electron chi connectivity index (χ3n) is 27.2. The molecule has 0 rings (SSSR count). The lowest BCUT2D eigenvalue weighted by atomic mass is 9.92. The molecular formula is C105H228O12Si6. The highest BCUT2D eigenvalue weighted by Crippen LogP contribution is 2.51. The zero-order chi connectivity index (χ0) is 96.4. The van der Waals surface area contributed by atoms with Gasteiger partial charge in [0.15, 0.2) is 0 Å². The fraction of sp³-hybridized carbons (Fsp3) is 1.00. The molecule has 0 aliphatic carbocycles. The van der Waals surface area contributed by atoms with Gasteiger partial charge in [0.2, 0.25) is 0 Å². The van der Waals surface area contributed by atoms with E-state index < -0.39 is 64.7 Å². The lowest BCUT2D eigenvalue weighted by Crippen LogP contribution is -2.44. The van der Waals surface area contributed by atoms with Crippen LogP contribution >= 0.6 is 0 Å². The van der Waals surface area contributed by atoms with Gasteiger partial charge >= 0.3 is 0 Å². The van der Waals surface area contributed by atoms with E-state index in [4.69, 9.17) is 28.4 Å². The van der Waals surface area contributed by atoms with E-state index in [0.717, 1.165) is 107 Å². The van der Waals surface area contributed by atoms with E-state index in [-0.39, 0.29) is 39.6 Å². The minimum Gasteiger partial charge on any atom is -0.396 e. The van der Waals surface area contributed by atoms with Crippen LogP contribution in [0.15, 0.2) is 0 Å². The summed E-state index contributed by atoms with van der Waals surface area (Å²) in [6.07, 6.45) is 6.37. The molecule has 18 heteroatoms. The van der Waals surface area contributed by atoms with E-state index >= 15 is 0 Å². The molecule has 0 saturated heterocycles. The summed E-state index contributed by atoms with van der Waals surface area (Å²) >= 11 is 0. The van der Waals surface area contributed by atoms with Crippen LogP contribution in [0.2, 0.25) is 142 Å². The smallest absolute Gasteiger partial charge is 0.0632 e. The normalized spacial score (nSPS) is 14.3. The molecule has 0 aromatic heterocycles. The topological polar surface area (TPSA) is 177 Å². The van der Waals surface area contributed by atoms with Crippen molar-refractivity contribution in [3.63, 3.8) is 0 Å². The van der Waals surface area contributed by atoms with Crippen molar-refractivity contribution in [1.82, 2.24) is 0 Å². The number of ether oxygens (including phenoxy) is 6. The van der Waals surface area contributed by atoms with Crippen LogP contribution in [-0.2, 0) is 28.4 Å². The van der Waals surface area contributed by atoms with Crippen LogP contribution in [0.5, 0.6) is 0 Å². The van der Waals surface area contributed by atoms with Gasteiger partial charge in [0.25, 0.3) is 0 Å². The minimum atomic E-state index is -1.61. The summed E-state index contributed by atoms with van der Waals surface area (Å²) in [6, 6.07) is 24.2. The van der Waals surface area contributed by atoms with Crippen molar-refractivity contribution in [2.45, 2.75) is 471 Å². The van der Waals surface area contributed by atoms with Gasteiger partial charge in [0.05, 0.1) is 144 Å². The number of hydrogen-bond acceptors (Lipinski definition) is 12. The summed E-state index contributed by atoms with van der Waals surface area (Å²) in [5, 5.41) is 61.4. The summed E-state index contributed by atoms with van der Waals surface area (Å²) < 4.78 is 37.0. The SMILES string of the molecule is CC(C)(C)C[Si](CCCOCC(CO)(CO)COCCC[Si](CC(C)(C)C)(CC(C)(C)C)CC(C)(C)C)(CC(C)(C)C)CC(C)(C)C.CC(C)C[Si](CCCOCC(CO)(CO)COCCC[Si](CC(C)C)(CC(C)C)CC(C)C)(CC(C)C)CC(C)C.CC(C)[Si](CCCOCC(CO)(CO)COCCC[Si](C(C)C)(C(C)C)C(C)C)(C(C)C)C(C)C. The molecule has 0 amide bonds. The predicted octanol–water partition coefficient (Wildman–Crippen LogP) is 29.7. The summed E-state index contributed by atoms with van der Waals surface area (Å²) in [5.41, 5.74) is 4.26. The second-order valence-electron chi connectivity index (χ2n) is 53.6. The molecule has 0 spiro atoms. The molecule has 0 saturated carbocycles. The Bertz CT molecular complexity index is 2230. The molecule has 0 heterocycles. The van der Waals surface area contributed by atoms with Gasteiger partial charge in [-0.1, -0.05) is 433 Å². The molecular weight excluding hydrogens is 1620 g/mol. The summed E-state index contributed by atoms with van der Waals surface area (Å²) in [4.78, 5) is 0. The maximum absolute atomic E-state index is 10.4. The molecule has 0 aromatic rings. The van der Waals surface area contributed by atoms with Gasteiger partial charge in [-0.15, -0.1) is 0 Å². The van der Waals surface area contributed by atoms with E-state index in [2.05, 4.69) is 291 Å². The first-order valence-electron chi connectivity index (χ1n) is 51.1. The Labute approximate surface area is 776 Å². The Hall–Kier alpha value is 0.821. The first-order chi connectivity index (χ1) is 56.0. The van der Waals surface area contributed by atoms with E-state index in [0.29, 0.717) is 112 Å². The van der Waals surface area contributed by atoms with Gasteiger partial charge in [0.1, 0.15) is 0 Å². The third kappa shape index (κ3) is 54.8. The van der Waals surface area contributed by atoms with Crippen molar-refractivity contribution in [3.05, 3.63) is 0 Å². The number of aliphatic hydroxyl groups is 6. The molecule has 0 aliphatic rings. The van der Waals surface area contributed by atoms with Gasteiger partial charge in [-0.3, -0.25) is 0 Å². The molecule has 0 radical (unpaired) electrons. The van der Waals surface area contributed by atoms with E-state index in [9.17, 15) is 30.6 Å². The maximum atomic E-state index is 10.4. The molecule has 123 heavy (non-hydrogen) atoms. The second kappa shape index (κ2) is 59.6. The van der Waals surface area contributed by atoms with E-state index in [1.54, 1.807) is 0 Å². The third-order valence-corrected chi connectivity index (χ3v) is 69.1. The Morgan fingerprint density at radius 1 is 0.195 bits per heavy atom. The fourth-order valence-corrected chi connectivity index (χ4v) is 69.9. The zero-order valence-corrected chi connectivity index (χ0v) is 97.3. The summed E-state index contributed by atoms with van der Waals surface area (Å²) in [7, 11) is -8.78. The summed E-state index contributed by atoms with van der Waals surface area (Å²) in [6.45, 7) is 106. The molecule has 0 fully saturated rings. The monoisotopic (exact) mass is 1850 g/mol. The van der Waals surface area contributed by atoms with Crippen molar-refractivity contribution in [2.24, 2.45) is 84.2 Å². The van der Waals surface area contributed by atoms with Crippen molar-refractivity contribution in [1.29, 1.82) is 0 Å². The van der Waals surface area contributed by atoms with Gasteiger partial charge in [-0.05, 0) is 107 Å². The van der Waals surface area contributed by atoms with Crippen LogP contribution in [0.3, 0.4) is 0 Å². The predicted molar refractivity (Wildman–Crippen MR) is 560 cm³/mol. The molecule has 12 nitrogen and oxygen atoms in total. The van der Waals surface area contributed by atoms with E-state index in [1.807, 2.05) is 0 Å². The molecule has 0 bridgehead atoms. The number of aliphatic hydroxyl groups excluding tert-OH is 6. The van der Waals surface area contributed by atoms with Crippen LogP contribution in [0, 0.1) is 84.2 Å². The van der Waals surface area contributed by atoms with Crippen LogP contribution in [0.4, 0.5) is 0 Å². The Balaban J connectivity index is -0.00000178. The van der Waals surface area contributed by atoms with Crippen LogP contribution in [-0.4, -0.2) is 198 Å². The molecule has 0 unspecified atom stereocenters. The highest BCUT2D eigenvalue weighted by Gasteiger charge is 2.47. The lowest BCUT2D eigenvalue weighted by Gasteiger charge is -2.45. The highest BCUT2D eigenvalue weighted by atomic mass is 28.3.